The van der Waals surface area contributed by atoms with E-state index in [1.807, 2.05) is 19.2 Å². The fourth-order valence-electron chi connectivity index (χ4n) is 3.64. The fraction of sp³-hybridized carbons (Fsp3) is 0.667. The topological polar surface area (TPSA) is 12.0 Å². The zero-order valence-corrected chi connectivity index (χ0v) is 14.3. The number of hydrogen-bond donors (Lipinski definition) is 1. The molecule has 0 spiro atoms. The standard InChI is InChI=1S/C18H27ClFN/c1-18(2,3)14-8-9-16(21-4)13(11-14)10-12-6-5-7-15(19)17(12)20/h5-7,13-14,16,21H,8-11H2,1-4H3. The summed E-state index contributed by atoms with van der Waals surface area (Å²) < 4.78 is 14.2. The summed E-state index contributed by atoms with van der Waals surface area (Å²) in [5.41, 5.74) is 1.08. The van der Waals surface area contributed by atoms with Crippen LogP contribution in [0.4, 0.5) is 4.39 Å². The average Bonchev–Trinajstić information content (AvgIpc) is 2.43. The lowest BCUT2D eigenvalue weighted by atomic mass is 9.66. The first-order valence-electron chi connectivity index (χ1n) is 7.93. The van der Waals surface area contributed by atoms with Crippen molar-refractivity contribution in [3.8, 4) is 0 Å². The third kappa shape index (κ3) is 3.98. The highest BCUT2D eigenvalue weighted by Crippen LogP contribution is 2.41. The highest BCUT2D eigenvalue weighted by atomic mass is 35.5. The lowest BCUT2D eigenvalue weighted by Gasteiger charge is -2.42. The van der Waals surface area contributed by atoms with Gasteiger partial charge in [0.2, 0.25) is 0 Å². The van der Waals surface area contributed by atoms with E-state index in [2.05, 4.69) is 26.1 Å². The van der Waals surface area contributed by atoms with Crippen molar-refractivity contribution in [3.05, 3.63) is 34.6 Å². The normalized spacial score (nSPS) is 26.9. The van der Waals surface area contributed by atoms with E-state index in [0.717, 1.165) is 18.4 Å². The summed E-state index contributed by atoms with van der Waals surface area (Å²) in [4.78, 5) is 0. The molecular weight excluding hydrogens is 285 g/mol. The van der Waals surface area contributed by atoms with Crippen LogP contribution in [-0.4, -0.2) is 13.1 Å². The zero-order valence-electron chi connectivity index (χ0n) is 13.5. The van der Waals surface area contributed by atoms with Gasteiger partial charge in [0.05, 0.1) is 5.02 Å². The van der Waals surface area contributed by atoms with Gasteiger partial charge in [-0.25, -0.2) is 4.39 Å². The molecular formula is C18H27ClFN. The third-order valence-electron chi connectivity index (χ3n) is 5.09. The number of rotatable bonds is 3. The van der Waals surface area contributed by atoms with E-state index in [4.69, 9.17) is 11.6 Å². The first-order chi connectivity index (χ1) is 9.82. The SMILES string of the molecule is CNC1CCC(C(C)(C)C)CC1Cc1cccc(Cl)c1F. The Balaban J connectivity index is 2.16. The van der Waals surface area contributed by atoms with E-state index < -0.39 is 0 Å². The molecule has 21 heavy (non-hydrogen) atoms. The molecule has 1 aliphatic rings. The summed E-state index contributed by atoms with van der Waals surface area (Å²) in [5, 5.41) is 3.66. The van der Waals surface area contributed by atoms with Gasteiger partial charge >= 0.3 is 0 Å². The summed E-state index contributed by atoms with van der Waals surface area (Å²) in [7, 11) is 2.02. The highest BCUT2D eigenvalue weighted by Gasteiger charge is 2.35. The Morgan fingerprint density at radius 1 is 1.29 bits per heavy atom. The van der Waals surface area contributed by atoms with Crippen LogP contribution in [0.5, 0.6) is 0 Å². The molecule has 0 saturated heterocycles. The van der Waals surface area contributed by atoms with E-state index in [1.54, 1.807) is 6.07 Å². The molecule has 0 aromatic heterocycles. The molecule has 0 heterocycles. The van der Waals surface area contributed by atoms with Crippen molar-refractivity contribution in [2.75, 3.05) is 7.05 Å². The van der Waals surface area contributed by atoms with Gasteiger partial charge in [-0.2, -0.15) is 0 Å². The second kappa shape index (κ2) is 6.66. The van der Waals surface area contributed by atoms with Crippen LogP contribution in [-0.2, 0) is 6.42 Å². The first kappa shape index (κ1) is 16.8. The smallest absolute Gasteiger partial charge is 0.144 e. The summed E-state index contributed by atoms with van der Waals surface area (Å²) in [6.07, 6.45) is 4.35. The maximum atomic E-state index is 14.2. The summed E-state index contributed by atoms with van der Waals surface area (Å²) in [6, 6.07) is 5.81. The lowest BCUT2D eigenvalue weighted by Crippen LogP contribution is -2.42. The third-order valence-corrected chi connectivity index (χ3v) is 5.38. The van der Waals surface area contributed by atoms with Crippen LogP contribution in [0, 0.1) is 23.1 Å². The monoisotopic (exact) mass is 311 g/mol. The van der Waals surface area contributed by atoms with Crippen LogP contribution in [0.2, 0.25) is 5.02 Å². The molecule has 0 amide bonds. The van der Waals surface area contributed by atoms with Gasteiger partial charge in [0.25, 0.3) is 0 Å². The second-order valence-electron chi connectivity index (χ2n) is 7.45. The van der Waals surface area contributed by atoms with Crippen molar-refractivity contribution in [1.29, 1.82) is 0 Å². The molecule has 1 nitrogen and oxygen atoms in total. The quantitative estimate of drug-likeness (QED) is 0.821. The Hall–Kier alpha value is -0.600. The Bertz CT molecular complexity index is 481. The minimum absolute atomic E-state index is 0.233. The minimum atomic E-state index is -0.244. The largest absolute Gasteiger partial charge is 0.317 e. The molecule has 3 heteroatoms. The molecule has 0 aliphatic heterocycles. The van der Waals surface area contributed by atoms with Crippen LogP contribution in [0.1, 0.15) is 45.6 Å². The van der Waals surface area contributed by atoms with Crippen molar-refractivity contribution in [2.24, 2.45) is 17.3 Å². The Morgan fingerprint density at radius 3 is 2.62 bits per heavy atom. The lowest BCUT2D eigenvalue weighted by molar-refractivity contribution is 0.116. The van der Waals surface area contributed by atoms with Crippen molar-refractivity contribution >= 4 is 11.6 Å². The van der Waals surface area contributed by atoms with Crippen LogP contribution < -0.4 is 5.32 Å². The maximum absolute atomic E-state index is 14.2. The predicted octanol–water partition coefficient (Wildman–Crippen LogP) is 5.07. The van der Waals surface area contributed by atoms with Gasteiger partial charge in [0.1, 0.15) is 5.82 Å². The Morgan fingerprint density at radius 2 is 2.00 bits per heavy atom. The number of hydrogen-bond acceptors (Lipinski definition) is 1. The van der Waals surface area contributed by atoms with Gasteiger partial charge < -0.3 is 5.32 Å². The van der Waals surface area contributed by atoms with Crippen molar-refractivity contribution in [3.63, 3.8) is 0 Å². The predicted molar refractivity (Wildman–Crippen MR) is 88.2 cm³/mol. The Kier molecular flexibility index (Phi) is 5.32. The number of benzene rings is 1. The first-order valence-corrected chi connectivity index (χ1v) is 8.31. The molecule has 3 unspecified atom stereocenters. The maximum Gasteiger partial charge on any atom is 0.144 e. The molecule has 1 saturated carbocycles. The van der Waals surface area contributed by atoms with E-state index in [1.165, 1.54) is 12.8 Å². The van der Waals surface area contributed by atoms with Gasteiger partial charge in [-0.1, -0.05) is 44.5 Å². The van der Waals surface area contributed by atoms with Gasteiger partial charge in [0.15, 0.2) is 0 Å². The van der Waals surface area contributed by atoms with Gasteiger partial charge in [-0.3, -0.25) is 0 Å². The number of nitrogens with one attached hydrogen (secondary N) is 1. The Labute approximate surface area is 133 Å². The van der Waals surface area contributed by atoms with E-state index in [9.17, 15) is 4.39 Å². The molecule has 1 N–H and O–H groups in total. The van der Waals surface area contributed by atoms with Gasteiger partial charge in [-0.15, -0.1) is 0 Å². The van der Waals surface area contributed by atoms with Crippen molar-refractivity contribution in [2.45, 2.75) is 52.5 Å². The summed E-state index contributed by atoms with van der Waals surface area (Å²) >= 11 is 5.91. The van der Waals surface area contributed by atoms with E-state index in [0.29, 0.717) is 23.3 Å². The van der Waals surface area contributed by atoms with E-state index in [-0.39, 0.29) is 10.8 Å². The van der Waals surface area contributed by atoms with Crippen LogP contribution >= 0.6 is 11.6 Å². The zero-order chi connectivity index (χ0) is 15.6. The van der Waals surface area contributed by atoms with Crippen LogP contribution in [0.3, 0.4) is 0 Å². The second-order valence-corrected chi connectivity index (χ2v) is 7.86. The average molecular weight is 312 g/mol. The molecule has 0 radical (unpaired) electrons. The van der Waals surface area contributed by atoms with Crippen LogP contribution in [0.15, 0.2) is 18.2 Å². The summed E-state index contributed by atoms with van der Waals surface area (Å²) in [5.74, 6) is 0.933. The van der Waals surface area contributed by atoms with Crippen LogP contribution in [0.25, 0.3) is 0 Å². The molecule has 0 bridgehead atoms. The fourth-order valence-corrected chi connectivity index (χ4v) is 3.84. The summed E-state index contributed by atoms with van der Waals surface area (Å²) in [6.45, 7) is 6.94. The molecule has 2 rings (SSSR count). The molecule has 118 valence electrons. The van der Waals surface area contributed by atoms with Crippen molar-refractivity contribution in [1.82, 2.24) is 5.32 Å². The molecule has 1 aromatic carbocycles. The number of halogens is 2. The van der Waals surface area contributed by atoms with Gasteiger partial charge in [0, 0.05) is 6.04 Å². The van der Waals surface area contributed by atoms with Crippen molar-refractivity contribution < 1.29 is 4.39 Å². The van der Waals surface area contributed by atoms with Gasteiger partial charge in [-0.05, 0) is 61.6 Å². The molecule has 1 fully saturated rings. The highest BCUT2D eigenvalue weighted by molar-refractivity contribution is 6.30. The molecule has 1 aromatic rings. The molecule has 1 aliphatic carbocycles. The minimum Gasteiger partial charge on any atom is -0.317 e. The van der Waals surface area contributed by atoms with E-state index >= 15 is 0 Å². The molecule has 3 atom stereocenters.